The molecular formula is C15H12BrFN2O4S. The maximum absolute atomic E-state index is 13.3. The zero-order valence-electron chi connectivity index (χ0n) is 12.2. The summed E-state index contributed by atoms with van der Waals surface area (Å²) in [5.74, 6) is -1.03. The molecule has 2 aromatic rings. The Labute approximate surface area is 146 Å². The van der Waals surface area contributed by atoms with Crippen molar-refractivity contribution in [3.8, 4) is 5.75 Å². The number of amides is 1. The maximum Gasteiger partial charge on any atom is 0.265 e. The summed E-state index contributed by atoms with van der Waals surface area (Å²) in [4.78, 5) is 11.9. The average molecular weight is 415 g/mol. The van der Waals surface area contributed by atoms with E-state index in [2.05, 4.69) is 26.0 Å². The quantitative estimate of drug-likeness (QED) is 0.807. The molecule has 2 aromatic carbocycles. The first-order valence-electron chi connectivity index (χ1n) is 6.90. The van der Waals surface area contributed by atoms with E-state index >= 15 is 0 Å². The van der Waals surface area contributed by atoms with E-state index in [1.54, 1.807) is 0 Å². The summed E-state index contributed by atoms with van der Waals surface area (Å²) in [5, 5.41) is 2.61. The van der Waals surface area contributed by atoms with Crippen LogP contribution in [0.3, 0.4) is 0 Å². The van der Waals surface area contributed by atoms with E-state index in [9.17, 15) is 17.6 Å². The number of sulfonamides is 1. The zero-order chi connectivity index (χ0) is 17.3. The summed E-state index contributed by atoms with van der Waals surface area (Å²) >= 11 is 3.20. The van der Waals surface area contributed by atoms with E-state index in [0.29, 0.717) is 4.47 Å². The topological polar surface area (TPSA) is 84.5 Å². The van der Waals surface area contributed by atoms with Crippen LogP contribution in [0, 0.1) is 5.82 Å². The Morgan fingerprint density at radius 3 is 2.79 bits per heavy atom. The zero-order valence-corrected chi connectivity index (χ0v) is 14.6. The molecular weight excluding hydrogens is 403 g/mol. The smallest absolute Gasteiger partial charge is 0.265 e. The summed E-state index contributed by atoms with van der Waals surface area (Å²) in [7, 11) is -4.09. The van der Waals surface area contributed by atoms with Gasteiger partial charge in [-0.2, -0.15) is 0 Å². The van der Waals surface area contributed by atoms with Crippen LogP contribution < -0.4 is 14.8 Å². The van der Waals surface area contributed by atoms with Gasteiger partial charge in [0, 0.05) is 4.47 Å². The number of nitrogens with one attached hydrogen (secondary N) is 2. The van der Waals surface area contributed by atoms with Gasteiger partial charge in [0.15, 0.2) is 5.75 Å². The highest BCUT2D eigenvalue weighted by Crippen LogP contribution is 2.34. The van der Waals surface area contributed by atoms with Gasteiger partial charge in [-0.15, -0.1) is 0 Å². The van der Waals surface area contributed by atoms with Crippen molar-refractivity contribution in [2.75, 3.05) is 17.9 Å². The second kappa shape index (κ2) is 6.40. The highest BCUT2D eigenvalue weighted by Gasteiger charge is 2.28. The summed E-state index contributed by atoms with van der Waals surface area (Å²) < 4.78 is 46.8. The number of carbonyl (C=O) groups excluding carboxylic acids is 1. The third kappa shape index (κ3) is 3.36. The maximum atomic E-state index is 13.3. The predicted molar refractivity (Wildman–Crippen MR) is 89.2 cm³/mol. The Morgan fingerprint density at radius 1 is 1.25 bits per heavy atom. The van der Waals surface area contributed by atoms with E-state index in [-0.39, 0.29) is 35.0 Å². The van der Waals surface area contributed by atoms with E-state index in [1.165, 1.54) is 30.3 Å². The standard InChI is InChI=1S/C15H12BrFN2O4S/c16-9-6-12-14(23-5-4-18-15(12)20)13(7-9)24(21,22)19-11-3-1-2-10(17)8-11/h1-3,6-8,19H,4-5H2,(H,18,20). The lowest BCUT2D eigenvalue weighted by atomic mass is 10.2. The highest BCUT2D eigenvalue weighted by molar-refractivity contribution is 9.10. The Morgan fingerprint density at radius 2 is 2.04 bits per heavy atom. The van der Waals surface area contributed by atoms with Crippen LogP contribution in [-0.4, -0.2) is 27.5 Å². The van der Waals surface area contributed by atoms with Crippen molar-refractivity contribution >= 4 is 37.5 Å². The van der Waals surface area contributed by atoms with Crippen molar-refractivity contribution in [2.45, 2.75) is 4.90 Å². The molecule has 9 heteroatoms. The summed E-state index contributed by atoms with van der Waals surface area (Å²) in [5.41, 5.74) is 0.184. The molecule has 0 bridgehead atoms. The molecule has 1 heterocycles. The number of carbonyl (C=O) groups is 1. The largest absolute Gasteiger partial charge is 0.489 e. The van der Waals surface area contributed by atoms with Crippen LogP contribution in [0.1, 0.15) is 10.4 Å². The van der Waals surface area contributed by atoms with E-state index in [4.69, 9.17) is 4.74 Å². The average Bonchev–Trinajstić information content (AvgIpc) is 2.68. The van der Waals surface area contributed by atoms with Crippen molar-refractivity contribution in [1.29, 1.82) is 0 Å². The van der Waals surface area contributed by atoms with Crippen molar-refractivity contribution in [3.05, 3.63) is 52.3 Å². The van der Waals surface area contributed by atoms with Crippen LogP contribution in [0.2, 0.25) is 0 Å². The molecule has 6 nitrogen and oxygen atoms in total. The number of halogens is 2. The van der Waals surface area contributed by atoms with E-state index in [1.807, 2.05) is 0 Å². The molecule has 2 N–H and O–H groups in total. The molecule has 0 aromatic heterocycles. The predicted octanol–water partition coefficient (Wildman–Crippen LogP) is 2.51. The minimum Gasteiger partial charge on any atom is -0.489 e. The Bertz CT molecular complexity index is 918. The molecule has 126 valence electrons. The molecule has 3 rings (SSSR count). The minimum atomic E-state index is -4.09. The van der Waals surface area contributed by atoms with Crippen LogP contribution in [-0.2, 0) is 10.0 Å². The number of fused-ring (bicyclic) bond motifs is 1. The molecule has 0 saturated carbocycles. The molecule has 1 aliphatic heterocycles. The van der Waals surface area contributed by atoms with Gasteiger partial charge < -0.3 is 10.1 Å². The lowest BCUT2D eigenvalue weighted by molar-refractivity contribution is 0.0957. The van der Waals surface area contributed by atoms with Gasteiger partial charge in [-0.3, -0.25) is 9.52 Å². The Hall–Kier alpha value is -2.13. The van der Waals surface area contributed by atoms with Crippen LogP contribution in [0.5, 0.6) is 5.75 Å². The lowest BCUT2D eigenvalue weighted by Gasteiger charge is -2.14. The normalized spacial score (nSPS) is 14.2. The van der Waals surface area contributed by atoms with Gasteiger partial charge in [0.05, 0.1) is 17.8 Å². The monoisotopic (exact) mass is 414 g/mol. The fourth-order valence-corrected chi connectivity index (χ4v) is 4.11. The molecule has 0 saturated heterocycles. The molecule has 0 atom stereocenters. The molecule has 1 aliphatic rings. The summed E-state index contributed by atoms with van der Waals surface area (Å²) in [6.45, 7) is 0.408. The molecule has 24 heavy (non-hydrogen) atoms. The van der Waals surface area contributed by atoms with Gasteiger partial charge in [-0.25, -0.2) is 12.8 Å². The van der Waals surface area contributed by atoms with Gasteiger partial charge in [-0.1, -0.05) is 22.0 Å². The van der Waals surface area contributed by atoms with Crippen LogP contribution >= 0.6 is 15.9 Å². The molecule has 1 amide bonds. The molecule has 0 aliphatic carbocycles. The SMILES string of the molecule is O=C1NCCOc2c1cc(Br)cc2S(=O)(=O)Nc1cccc(F)c1. The number of hydrogen-bond acceptors (Lipinski definition) is 4. The third-order valence-corrected chi connectivity index (χ3v) is 5.11. The Balaban J connectivity index is 2.09. The third-order valence-electron chi connectivity index (χ3n) is 3.26. The van der Waals surface area contributed by atoms with Crippen molar-refractivity contribution in [2.24, 2.45) is 0 Å². The van der Waals surface area contributed by atoms with Gasteiger partial charge in [-0.05, 0) is 30.3 Å². The van der Waals surface area contributed by atoms with Gasteiger partial charge in [0.1, 0.15) is 17.3 Å². The first-order valence-corrected chi connectivity index (χ1v) is 9.17. The van der Waals surface area contributed by atoms with Crippen LogP contribution in [0.15, 0.2) is 45.8 Å². The molecule has 0 spiro atoms. The van der Waals surface area contributed by atoms with Crippen molar-refractivity contribution in [1.82, 2.24) is 5.32 Å². The van der Waals surface area contributed by atoms with Gasteiger partial charge in [0.2, 0.25) is 0 Å². The van der Waals surface area contributed by atoms with Crippen molar-refractivity contribution < 1.29 is 22.3 Å². The highest BCUT2D eigenvalue weighted by atomic mass is 79.9. The second-order valence-corrected chi connectivity index (χ2v) is 7.57. The molecule has 0 unspecified atom stereocenters. The summed E-state index contributed by atoms with van der Waals surface area (Å²) in [6.07, 6.45) is 0. The van der Waals surface area contributed by atoms with Gasteiger partial charge in [0.25, 0.3) is 15.9 Å². The number of anilines is 1. The van der Waals surface area contributed by atoms with E-state index < -0.39 is 21.7 Å². The summed E-state index contributed by atoms with van der Waals surface area (Å²) in [6, 6.07) is 7.89. The molecule has 0 radical (unpaired) electrons. The second-order valence-electron chi connectivity index (χ2n) is 5.00. The first-order chi connectivity index (χ1) is 11.4. The minimum absolute atomic E-state index is 0.0305. The Kier molecular flexibility index (Phi) is 4.46. The van der Waals surface area contributed by atoms with Crippen molar-refractivity contribution in [3.63, 3.8) is 0 Å². The number of rotatable bonds is 3. The lowest BCUT2D eigenvalue weighted by Crippen LogP contribution is -2.24. The van der Waals surface area contributed by atoms with Crippen LogP contribution in [0.4, 0.5) is 10.1 Å². The first kappa shape index (κ1) is 16.7. The number of ether oxygens (including phenoxy) is 1. The fourth-order valence-electron chi connectivity index (χ4n) is 2.26. The van der Waals surface area contributed by atoms with Gasteiger partial charge >= 0.3 is 0 Å². The fraction of sp³-hybridized carbons (Fsp3) is 0.133. The molecule has 0 fully saturated rings. The van der Waals surface area contributed by atoms with Crippen LogP contribution in [0.25, 0.3) is 0 Å². The number of hydrogen-bond donors (Lipinski definition) is 2. The van der Waals surface area contributed by atoms with E-state index in [0.717, 1.165) is 6.07 Å². The number of benzene rings is 2.